The Balaban J connectivity index is 0.000000261. The first kappa shape index (κ1) is 22.1. The molecule has 28 heavy (non-hydrogen) atoms. The van der Waals surface area contributed by atoms with E-state index in [1.54, 1.807) is 36.3 Å². The van der Waals surface area contributed by atoms with Gasteiger partial charge in [-0.1, -0.05) is 37.4 Å². The van der Waals surface area contributed by atoms with Crippen molar-refractivity contribution < 1.29 is 18.7 Å². The predicted octanol–water partition coefficient (Wildman–Crippen LogP) is 4.60. The van der Waals surface area contributed by atoms with Crippen molar-refractivity contribution in [3.8, 4) is 0 Å². The molecular formula is C23H30FNO3. The van der Waals surface area contributed by atoms with E-state index in [9.17, 15) is 9.18 Å². The van der Waals surface area contributed by atoms with Crippen LogP contribution in [0, 0.1) is 5.82 Å². The number of amides is 1. The summed E-state index contributed by atoms with van der Waals surface area (Å²) in [5.74, 6) is -0.287. The third kappa shape index (κ3) is 5.63. The molecule has 0 bridgehead atoms. The molecule has 0 N–H and O–H groups in total. The minimum Gasteiger partial charge on any atom is -0.379 e. The number of hydrogen-bond acceptors (Lipinski definition) is 3. The van der Waals surface area contributed by atoms with Gasteiger partial charge in [-0.25, -0.2) is 4.39 Å². The summed E-state index contributed by atoms with van der Waals surface area (Å²) < 4.78 is 23.5. The predicted molar refractivity (Wildman–Crippen MR) is 109 cm³/mol. The van der Waals surface area contributed by atoms with Crippen molar-refractivity contribution in [1.82, 2.24) is 4.90 Å². The Kier molecular flexibility index (Phi) is 8.61. The van der Waals surface area contributed by atoms with Gasteiger partial charge < -0.3 is 14.4 Å². The summed E-state index contributed by atoms with van der Waals surface area (Å²) in [7, 11) is 1.74. The lowest BCUT2D eigenvalue weighted by Gasteiger charge is -2.35. The van der Waals surface area contributed by atoms with Gasteiger partial charge in [0.25, 0.3) is 0 Å². The summed E-state index contributed by atoms with van der Waals surface area (Å²) in [5, 5.41) is 0. The molecule has 0 aliphatic carbocycles. The molecule has 2 aliphatic rings. The molecule has 1 aromatic carbocycles. The van der Waals surface area contributed by atoms with Gasteiger partial charge in [-0.2, -0.15) is 0 Å². The highest BCUT2D eigenvalue weighted by atomic mass is 19.1. The third-order valence-electron chi connectivity index (χ3n) is 5.22. The molecule has 0 saturated carbocycles. The van der Waals surface area contributed by atoms with Crippen molar-refractivity contribution >= 4 is 6.41 Å². The Bertz CT molecular complexity index is 690. The molecule has 2 heterocycles. The van der Waals surface area contributed by atoms with Crippen molar-refractivity contribution in [3.05, 3.63) is 72.1 Å². The molecule has 1 amide bonds. The first-order chi connectivity index (χ1) is 13.5. The van der Waals surface area contributed by atoms with Gasteiger partial charge in [0, 0.05) is 13.7 Å². The zero-order valence-electron chi connectivity index (χ0n) is 16.8. The minimum absolute atomic E-state index is 0.211. The van der Waals surface area contributed by atoms with Crippen LogP contribution in [-0.2, 0) is 14.3 Å². The van der Waals surface area contributed by atoms with Gasteiger partial charge in [0.1, 0.15) is 5.82 Å². The Morgan fingerprint density at radius 3 is 2.43 bits per heavy atom. The highest BCUT2D eigenvalue weighted by Crippen LogP contribution is 2.35. The van der Waals surface area contributed by atoms with Crippen molar-refractivity contribution in [1.29, 1.82) is 0 Å². The molecule has 4 nitrogen and oxygen atoms in total. The number of rotatable bonds is 5. The van der Waals surface area contributed by atoms with E-state index in [1.807, 2.05) is 0 Å². The quantitative estimate of drug-likeness (QED) is 0.693. The molecule has 2 aliphatic heterocycles. The SMILES string of the molecule is C=CC1=C(C=C)[C@H](c2ccc(F)cc2)N(C=O)CC1.CO[C@H]1CCC(C)OC1. The summed E-state index contributed by atoms with van der Waals surface area (Å²) >= 11 is 0. The molecule has 1 aromatic rings. The number of carbonyl (C=O) groups excluding carboxylic acids is 1. The Morgan fingerprint density at radius 2 is 1.93 bits per heavy atom. The van der Waals surface area contributed by atoms with Gasteiger partial charge in [-0.15, -0.1) is 0 Å². The van der Waals surface area contributed by atoms with E-state index in [1.165, 1.54) is 12.1 Å². The first-order valence-corrected chi connectivity index (χ1v) is 9.62. The Morgan fingerprint density at radius 1 is 1.21 bits per heavy atom. The van der Waals surface area contributed by atoms with E-state index in [4.69, 9.17) is 9.47 Å². The van der Waals surface area contributed by atoms with Gasteiger partial charge in [0.05, 0.1) is 24.9 Å². The molecule has 3 rings (SSSR count). The van der Waals surface area contributed by atoms with E-state index in [-0.39, 0.29) is 11.9 Å². The molecule has 0 spiro atoms. The fourth-order valence-electron chi connectivity index (χ4n) is 3.51. The highest BCUT2D eigenvalue weighted by Gasteiger charge is 2.27. The fourth-order valence-corrected chi connectivity index (χ4v) is 3.51. The van der Waals surface area contributed by atoms with Gasteiger partial charge in [-0.3, -0.25) is 4.79 Å². The molecule has 5 heteroatoms. The second-order valence-electron chi connectivity index (χ2n) is 7.02. The van der Waals surface area contributed by atoms with Crippen LogP contribution in [0.3, 0.4) is 0 Å². The number of allylic oxidation sites excluding steroid dienone is 1. The molecule has 0 radical (unpaired) electrons. The van der Waals surface area contributed by atoms with E-state index < -0.39 is 0 Å². The van der Waals surface area contributed by atoms with Crippen LogP contribution in [0.5, 0.6) is 0 Å². The van der Waals surface area contributed by atoms with Crippen LogP contribution >= 0.6 is 0 Å². The number of benzene rings is 1. The normalized spacial score (nSPS) is 24.8. The van der Waals surface area contributed by atoms with Gasteiger partial charge in [-0.05, 0) is 55.0 Å². The second kappa shape index (κ2) is 10.9. The van der Waals surface area contributed by atoms with E-state index >= 15 is 0 Å². The largest absolute Gasteiger partial charge is 0.379 e. The van der Waals surface area contributed by atoms with Crippen LogP contribution in [0.15, 0.2) is 60.7 Å². The van der Waals surface area contributed by atoms with Crippen LogP contribution in [0.25, 0.3) is 0 Å². The van der Waals surface area contributed by atoms with Gasteiger partial charge in [0.15, 0.2) is 0 Å². The van der Waals surface area contributed by atoms with Crippen molar-refractivity contribution in [2.24, 2.45) is 0 Å². The molecule has 1 fully saturated rings. The summed E-state index contributed by atoms with van der Waals surface area (Å²) in [6.07, 6.45) is 8.23. The van der Waals surface area contributed by atoms with Crippen LogP contribution < -0.4 is 0 Å². The summed E-state index contributed by atoms with van der Waals surface area (Å²) in [5.41, 5.74) is 2.92. The molecule has 152 valence electrons. The second-order valence-corrected chi connectivity index (χ2v) is 7.02. The molecule has 1 unspecified atom stereocenters. The maximum Gasteiger partial charge on any atom is 0.210 e. The average molecular weight is 387 g/mol. The number of nitrogens with zero attached hydrogens (tertiary/aromatic N) is 1. The van der Waals surface area contributed by atoms with E-state index in [2.05, 4.69) is 20.1 Å². The van der Waals surface area contributed by atoms with Gasteiger partial charge in [0.2, 0.25) is 6.41 Å². The fraction of sp³-hybridized carbons (Fsp3) is 0.435. The number of methoxy groups -OCH3 is 1. The standard InChI is InChI=1S/C16H16FNO.C7H14O2/c1-3-12-9-10-18(11-19)16(15(12)4-2)13-5-7-14(17)8-6-13;1-6-3-4-7(8-2)5-9-6/h3-8,11,16H,1-2,9-10H2;6-7H,3-5H2,1-2H3/t16-;6?,7-/m00/s1. The Hall–Kier alpha value is -2.24. The number of hydrogen-bond donors (Lipinski definition) is 0. The number of halogens is 1. The summed E-state index contributed by atoms with van der Waals surface area (Å²) in [4.78, 5) is 12.9. The third-order valence-corrected chi connectivity index (χ3v) is 5.22. The smallest absolute Gasteiger partial charge is 0.210 e. The van der Waals surface area contributed by atoms with E-state index in [0.29, 0.717) is 18.8 Å². The first-order valence-electron chi connectivity index (χ1n) is 9.62. The van der Waals surface area contributed by atoms with Gasteiger partial charge >= 0.3 is 0 Å². The number of carbonyl (C=O) groups is 1. The molecular weight excluding hydrogens is 357 g/mol. The lowest BCUT2D eigenvalue weighted by atomic mass is 9.88. The summed E-state index contributed by atoms with van der Waals surface area (Å²) in [6.45, 7) is 11.1. The van der Waals surface area contributed by atoms with Crippen LogP contribution in [0.2, 0.25) is 0 Å². The van der Waals surface area contributed by atoms with Crippen molar-refractivity contribution in [2.75, 3.05) is 20.3 Å². The van der Waals surface area contributed by atoms with Crippen molar-refractivity contribution in [2.45, 2.75) is 44.4 Å². The zero-order chi connectivity index (χ0) is 20.5. The average Bonchev–Trinajstić information content (AvgIpc) is 2.74. The van der Waals surface area contributed by atoms with Crippen LogP contribution in [0.4, 0.5) is 4.39 Å². The maximum absolute atomic E-state index is 13.0. The van der Waals surface area contributed by atoms with Crippen molar-refractivity contribution in [3.63, 3.8) is 0 Å². The monoisotopic (exact) mass is 387 g/mol. The number of ether oxygens (including phenoxy) is 2. The minimum atomic E-state index is -0.287. The van der Waals surface area contributed by atoms with Crippen LogP contribution in [0.1, 0.15) is 37.8 Å². The van der Waals surface area contributed by atoms with E-state index in [0.717, 1.165) is 49.0 Å². The lowest BCUT2D eigenvalue weighted by molar-refractivity contribution is -0.119. The molecule has 1 saturated heterocycles. The summed E-state index contributed by atoms with van der Waals surface area (Å²) in [6, 6.07) is 6.00. The highest BCUT2D eigenvalue weighted by molar-refractivity contribution is 5.55. The lowest BCUT2D eigenvalue weighted by Crippen LogP contribution is -2.33. The zero-order valence-corrected chi connectivity index (χ0v) is 16.8. The maximum atomic E-state index is 13.0. The Labute approximate surface area is 167 Å². The molecule has 0 aromatic heterocycles. The van der Waals surface area contributed by atoms with Crippen LogP contribution in [-0.4, -0.2) is 43.8 Å². The topological polar surface area (TPSA) is 38.8 Å². The molecule has 3 atom stereocenters.